The summed E-state index contributed by atoms with van der Waals surface area (Å²) in [4.78, 5) is 23.8. The van der Waals surface area contributed by atoms with Crippen LogP contribution < -0.4 is 5.73 Å². The lowest BCUT2D eigenvalue weighted by atomic mass is 10.3. The lowest BCUT2D eigenvalue weighted by Crippen LogP contribution is -2.33. The van der Waals surface area contributed by atoms with E-state index in [1.54, 1.807) is 17.3 Å². The van der Waals surface area contributed by atoms with Crippen molar-refractivity contribution < 1.29 is 9.53 Å². The van der Waals surface area contributed by atoms with Crippen LogP contribution in [-0.4, -0.2) is 47.1 Å². The molecule has 0 aliphatic rings. The van der Waals surface area contributed by atoms with Gasteiger partial charge in [-0.15, -0.1) is 11.3 Å². The lowest BCUT2D eigenvalue weighted by Gasteiger charge is -2.20. The summed E-state index contributed by atoms with van der Waals surface area (Å²) in [7, 11) is 0. The molecule has 0 radical (unpaired) electrons. The van der Waals surface area contributed by atoms with Crippen LogP contribution in [-0.2, 0) is 4.74 Å². The summed E-state index contributed by atoms with van der Waals surface area (Å²) in [5.74, 6) is -0.0884. The topological polar surface area (TPSA) is 81.3 Å². The number of amides is 1. The van der Waals surface area contributed by atoms with Gasteiger partial charge in [0.05, 0.1) is 12.3 Å². The first-order valence-electron chi connectivity index (χ1n) is 6.55. The van der Waals surface area contributed by atoms with Crippen molar-refractivity contribution in [2.75, 3.05) is 32.0 Å². The SMILES string of the molecule is CCOCCN(CC)C(=O)c1sc2nccnc2c1N. The maximum atomic E-state index is 12.5. The van der Waals surface area contributed by atoms with E-state index in [0.717, 1.165) is 0 Å². The molecule has 0 spiro atoms. The van der Waals surface area contributed by atoms with Crippen LogP contribution in [0.5, 0.6) is 0 Å². The molecule has 0 atom stereocenters. The number of fused-ring (bicyclic) bond motifs is 1. The standard InChI is InChI=1S/C13H18N4O2S/c1-3-17(7-8-19-4-2)13(18)11-9(14)10-12(20-11)16-6-5-15-10/h5-6H,3-4,7-8,14H2,1-2H3. The Kier molecular flexibility index (Phi) is 4.86. The zero-order valence-corrected chi connectivity index (χ0v) is 12.4. The minimum atomic E-state index is -0.0884. The number of thiophene rings is 1. The second-order valence-electron chi connectivity index (χ2n) is 4.14. The Hall–Kier alpha value is -1.73. The maximum Gasteiger partial charge on any atom is 0.266 e. The van der Waals surface area contributed by atoms with Crippen molar-refractivity contribution in [1.29, 1.82) is 0 Å². The molecule has 2 N–H and O–H groups in total. The minimum Gasteiger partial charge on any atom is -0.396 e. The number of nitrogen functional groups attached to an aromatic ring is 1. The second-order valence-corrected chi connectivity index (χ2v) is 5.14. The Morgan fingerprint density at radius 3 is 2.80 bits per heavy atom. The Morgan fingerprint density at radius 1 is 1.40 bits per heavy atom. The number of nitrogens with two attached hydrogens (primary N) is 1. The highest BCUT2D eigenvalue weighted by Crippen LogP contribution is 2.31. The number of hydrogen-bond donors (Lipinski definition) is 1. The fourth-order valence-electron chi connectivity index (χ4n) is 1.87. The number of likely N-dealkylation sites (N-methyl/N-ethyl adjacent to an activating group) is 1. The van der Waals surface area contributed by atoms with Gasteiger partial charge in [0.1, 0.15) is 15.2 Å². The molecule has 0 fully saturated rings. The van der Waals surface area contributed by atoms with Crippen molar-refractivity contribution in [3.8, 4) is 0 Å². The Morgan fingerprint density at radius 2 is 2.15 bits per heavy atom. The zero-order valence-electron chi connectivity index (χ0n) is 11.6. The molecule has 0 bridgehead atoms. The van der Waals surface area contributed by atoms with Gasteiger partial charge in [-0.2, -0.15) is 0 Å². The van der Waals surface area contributed by atoms with E-state index in [9.17, 15) is 4.79 Å². The van der Waals surface area contributed by atoms with Gasteiger partial charge in [0.25, 0.3) is 5.91 Å². The highest BCUT2D eigenvalue weighted by atomic mass is 32.1. The first kappa shape index (κ1) is 14.7. The average Bonchev–Trinajstić information content (AvgIpc) is 2.81. The van der Waals surface area contributed by atoms with Crippen LogP contribution in [0.4, 0.5) is 5.69 Å². The number of anilines is 1. The van der Waals surface area contributed by atoms with Crippen LogP contribution in [0.2, 0.25) is 0 Å². The molecule has 0 aliphatic heterocycles. The number of carbonyl (C=O) groups excluding carboxylic acids is 1. The summed E-state index contributed by atoms with van der Waals surface area (Å²) in [5.41, 5.74) is 7.03. The molecule has 0 aliphatic carbocycles. The first-order chi connectivity index (χ1) is 9.69. The minimum absolute atomic E-state index is 0.0884. The van der Waals surface area contributed by atoms with Gasteiger partial charge in [0, 0.05) is 32.1 Å². The summed E-state index contributed by atoms with van der Waals surface area (Å²) in [6.45, 7) is 6.20. The molecule has 0 saturated carbocycles. The van der Waals surface area contributed by atoms with Crippen molar-refractivity contribution in [3.63, 3.8) is 0 Å². The Bertz CT molecular complexity index is 599. The third kappa shape index (κ3) is 2.88. The molecule has 2 rings (SSSR count). The van der Waals surface area contributed by atoms with Crippen molar-refractivity contribution in [3.05, 3.63) is 17.3 Å². The molecule has 20 heavy (non-hydrogen) atoms. The third-order valence-corrected chi connectivity index (χ3v) is 4.03. The lowest BCUT2D eigenvalue weighted by molar-refractivity contribution is 0.0674. The summed E-state index contributed by atoms with van der Waals surface area (Å²) in [6.07, 6.45) is 3.17. The fourth-order valence-corrected chi connectivity index (χ4v) is 2.86. The predicted molar refractivity (Wildman–Crippen MR) is 79.9 cm³/mol. The van der Waals surface area contributed by atoms with E-state index < -0.39 is 0 Å². The largest absolute Gasteiger partial charge is 0.396 e. The Balaban J connectivity index is 2.23. The average molecular weight is 294 g/mol. The van der Waals surface area contributed by atoms with E-state index in [1.807, 2.05) is 13.8 Å². The van der Waals surface area contributed by atoms with Crippen molar-refractivity contribution in [1.82, 2.24) is 14.9 Å². The van der Waals surface area contributed by atoms with Crippen molar-refractivity contribution in [2.24, 2.45) is 0 Å². The van der Waals surface area contributed by atoms with E-state index in [0.29, 0.717) is 47.2 Å². The Labute approximate surface area is 121 Å². The van der Waals surface area contributed by atoms with Crippen molar-refractivity contribution in [2.45, 2.75) is 13.8 Å². The summed E-state index contributed by atoms with van der Waals surface area (Å²) < 4.78 is 5.29. The quantitative estimate of drug-likeness (QED) is 0.821. The summed E-state index contributed by atoms with van der Waals surface area (Å²) >= 11 is 1.28. The van der Waals surface area contributed by atoms with Gasteiger partial charge < -0.3 is 15.4 Å². The second kappa shape index (κ2) is 6.62. The number of aromatic nitrogens is 2. The van der Waals surface area contributed by atoms with E-state index in [2.05, 4.69) is 9.97 Å². The van der Waals surface area contributed by atoms with Crippen LogP contribution in [0.1, 0.15) is 23.5 Å². The zero-order chi connectivity index (χ0) is 14.5. The van der Waals surface area contributed by atoms with Crippen LogP contribution >= 0.6 is 11.3 Å². The monoisotopic (exact) mass is 294 g/mol. The molecule has 2 aromatic heterocycles. The number of nitrogens with zero attached hydrogens (tertiary/aromatic N) is 3. The summed E-state index contributed by atoms with van der Waals surface area (Å²) in [5, 5.41) is 0. The van der Waals surface area contributed by atoms with E-state index >= 15 is 0 Å². The first-order valence-corrected chi connectivity index (χ1v) is 7.36. The van der Waals surface area contributed by atoms with Gasteiger partial charge in [-0.3, -0.25) is 4.79 Å². The molecular formula is C13H18N4O2S. The van der Waals surface area contributed by atoms with E-state index in [4.69, 9.17) is 10.5 Å². The van der Waals surface area contributed by atoms with Gasteiger partial charge in [-0.25, -0.2) is 9.97 Å². The van der Waals surface area contributed by atoms with Gasteiger partial charge in [0.15, 0.2) is 0 Å². The molecule has 7 heteroatoms. The molecule has 2 heterocycles. The molecule has 0 aromatic carbocycles. The molecule has 6 nitrogen and oxygen atoms in total. The number of ether oxygens (including phenoxy) is 1. The normalized spacial score (nSPS) is 10.9. The molecule has 0 unspecified atom stereocenters. The van der Waals surface area contributed by atoms with Gasteiger partial charge in [0.2, 0.25) is 0 Å². The molecule has 0 saturated heterocycles. The highest BCUT2D eigenvalue weighted by molar-refractivity contribution is 7.21. The number of carbonyl (C=O) groups is 1. The number of rotatable bonds is 6. The summed E-state index contributed by atoms with van der Waals surface area (Å²) in [6, 6.07) is 0. The number of hydrogen-bond acceptors (Lipinski definition) is 6. The highest BCUT2D eigenvalue weighted by Gasteiger charge is 2.22. The fraction of sp³-hybridized carbons (Fsp3) is 0.462. The van der Waals surface area contributed by atoms with Gasteiger partial charge in [-0.05, 0) is 13.8 Å². The van der Waals surface area contributed by atoms with Crippen LogP contribution in [0.25, 0.3) is 10.3 Å². The van der Waals surface area contributed by atoms with Gasteiger partial charge in [-0.1, -0.05) is 0 Å². The molecular weight excluding hydrogens is 276 g/mol. The molecule has 108 valence electrons. The van der Waals surface area contributed by atoms with Crippen LogP contribution in [0.3, 0.4) is 0 Å². The smallest absolute Gasteiger partial charge is 0.266 e. The molecule has 2 aromatic rings. The van der Waals surface area contributed by atoms with Crippen molar-refractivity contribution >= 4 is 33.3 Å². The van der Waals surface area contributed by atoms with Gasteiger partial charge >= 0.3 is 0 Å². The third-order valence-electron chi connectivity index (χ3n) is 2.94. The van der Waals surface area contributed by atoms with Crippen LogP contribution in [0, 0.1) is 0 Å². The maximum absolute atomic E-state index is 12.5. The molecule has 1 amide bonds. The van der Waals surface area contributed by atoms with E-state index in [1.165, 1.54) is 11.3 Å². The predicted octanol–water partition coefficient (Wildman–Crippen LogP) is 1.77. The van der Waals surface area contributed by atoms with E-state index in [-0.39, 0.29) is 5.91 Å². The van der Waals surface area contributed by atoms with Crippen LogP contribution in [0.15, 0.2) is 12.4 Å².